The van der Waals surface area contributed by atoms with Gasteiger partial charge in [0.15, 0.2) is 6.10 Å². The Morgan fingerprint density at radius 2 is 1.96 bits per heavy atom. The van der Waals surface area contributed by atoms with Crippen molar-refractivity contribution < 1.29 is 19.1 Å². The molecule has 1 saturated heterocycles. The molecular formula is C21H21N3O4. The summed E-state index contributed by atoms with van der Waals surface area (Å²) in [6, 6.07) is 11.0. The number of carbonyl (C=O) groups excluding carboxylic acids is 2. The first-order valence-electron chi connectivity index (χ1n) is 9.23. The number of para-hydroxylation sites is 1. The smallest absolute Gasteiger partial charge is 0.340 e. The summed E-state index contributed by atoms with van der Waals surface area (Å²) in [5.41, 5.74) is 1.69. The number of aromatic amines is 1. The van der Waals surface area contributed by atoms with E-state index in [0.717, 1.165) is 29.8 Å². The van der Waals surface area contributed by atoms with E-state index in [2.05, 4.69) is 14.9 Å². The van der Waals surface area contributed by atoms with Crippen molar-refractivity contribution in [2.24, 2.45) is 0 Å². The van der Waals surface area contributed by atoms with Crippen LogP contribution in [0.3, 0.4) is 0 Å². The van der Waals surface area contributed by atoms with Crippen molar-refractivity contribution in [3.63, 3.8) is 0 Å². The van der Waals surface area contributed by atoms with Crippen LogP contribution in [-0.2, 0) is 9.47 Å². The van der Waals surface area contributed by atoms with Gasteiger partial charge in [-0.05, 0) is 25.1 Å². The van der Waals surface area contributed by atoms with Gasteiger partial charge < -0.3 is 19.4 Å². The number of anilines is 1. The Morgan fingerprint density at radius 1 is 1.18 bits per heavy atom. The summed E-state index contributed by atoms with van der Waals surface area (Å²) in [4.78, 5) is 34.6. The van der Waals surface area contributed by atoms with Crippen molar-refractivity contribution in [3.05, 3.63) is 59.9 Å². The molecule has 0 radical (unpaired) electrons. The summed E-state index contributed by atoms with van der Waals surface area (Å²) in [7, 11) is 0. The topological polar surface area (TPSA) is 84.5 Å². The van der Waals surface area contributed by atoms with Crippen LogP contribution in [-0.4, -0.2) is 54.1 Å². The number of fused-ring (bicyclic) bond motifs is 1. The minimum Gasteiger partial charge on any atom is -0.451 e. The van der Waals surface area contributed by atoms with Crippen LogP contribution in [0.4, 0.5) is 5.82 Å². The van der Waals surface area contributed by atoms with Crippen molar-refractivity contribution in [2.75, 3.05) is 31.2 Å². The highest BCUT2D eigenvalue weighted by atomic mass is 16.5. The van der Waals surface area contributed by atoms with E-state index < -0.39 is 12.1 Å². The van der Waals surface area contributed by atoms with E-state index >= 15 is 0 Å². The number of pyridine rings is 1. The van der Waals surface area contributed by atoms with Gasteiger partial charge >= 0.3 is 5.97 Å². The lowest BCUT2D eigenvalue weighted by atomic mass is 10.1. The fourth-order valence-electron chi connectivity index (χ4n) is 3.26. The first kappa shape index (κ1) is 18.2. The summed E-state index contributed by atoms with van der Waals surface area (Å²) in [6.07, 6.45) is 2.23. The highest BCUT2D eigenvalue weighted by molar-refractivity contribution is 6.10. The summed E-state index contributed by atoms with van der Waals surface area (Å²) in [5, 5.41) is 0.812. The molecule has 1 aromatic carbocycles. The lowest BCUT2D eigenvalue weighted by Crippen LogP contribution is -2.36. The Balaban J connectivity index is 1.43. The lowest BCUT2D eigenvalue weighted by molar-refractivity contribution is 0.0319. The van der Waals surface area contributed by atoms with Crippen LogP contribution in [0.2, 0.25) is 0 Å². The molecule has 1 aliphatic rings. The number of hydrogen-bond acceptors (Lipinski definition) is 6. The summed E-state index contributed by atoms with van der Waals surface area (Å²) >= 11 is 0. The van der Waals surface area contributed by atoms with Gasteiger partial charge in [0.25, 0.3) is 0 Å². The Kier molecular flexibility index (Phi) is 5.08. The van der Waals surface area contributed by atoms with Gasteiger partial charge in [-0.1, -0.05) is 18.2 Å². The van der Waals surface area contributed by atoms with Crippen LogP contribution in [0.15, 0.2) is 48.8 Å². The quantitative estimate of drug-likeness (QED) is 0.542. The number of ketones is 1. The standard InChI is InChI=1S/C21H21N3O4/c1-14(20(25)17-13-22-18-5-3-2-4-16(17)18)28-21(26)15-6-7-19(23-12-15)24-8-10-27-11-9-24/h2-7,12-14,22H,8-11H2,1H3. The molecule has 7 heteroatoms. The third-order valence-electron chi connectivity index (χ3n) is 4.83. The zero-order valence-corrected chi connectivity index (χ0v) is 15.6. The predicted octanol–water partition coefficient (Wildman–Crippen LogP) is 2.83. The Hall–Kier alpha value is -3.19. The molecule has 1 aliphatic heterocycles. The zero-order chi connectivity index (χ0) is 19.5. The van der Waals surface area contributed by atoms with E-state index in [-0.39, 0.29) is 5.78 Å². The molecule has 1 fully saturated rings. The van der Waals surface area contributed by atoms with Gasteiger partial charge in [0, 0.05) is 41.9 Å². The van der Waals surface area contributed by atoms with Gasteiger partial charge in [0.1, 0.15) is 5.82 Å². The van der Waals surface area contributed by atoms with Gasteiger partial charge in [-0.15, -0.1) is 0 Å². The second-order valence-corrected chi connectivity index (χ2v) is 6.66. The van der Waals surface area contributed by atoms with Crippen LogP contribution >= 0.6 is 0 Å². The molecule has 1 atom stereocenters. The Bertz CT molecular complexity index is 990. The number of nitrogens with one attached hydrogen (secondary N) is 1. The van der Waals surface area contributed by atoms with E-state index in [1.807, 2.05) is 24.3 Å². The molecule has 0 amide bonds. The largest absolute Gasteiger partial charge is 0.451 e. The molecule has 0 bridgehead atoms. The number of hydrogen-bond donors (Lipinski definition) is 1. The number of carbonyl (C=O) groups is 2. The molecule has 3 aromatic rings. The molecule has 7 nitrogen and oxygen atoms in total. The van der Waals surface area contributed by atoms with Crippen LogP contribution in [0.25, 0.3) is 10.9 Å². The van der Waals surface area contributed by atoms with Crippen LogP contribution < -0.4 is 4.90 Å². The number of benzene rings is 1. The number of ether oxygens (including phenoxy) is 2. The maximum atomic E-state index is 12.7. The minimum atomic E-state index is -0.898. The number of nitrogens with zero attached hydrogens (tertiary/aromatic N) is 2. The van der Waals surface area contributed by atoms with Crippen LogP contribution in [0, 0.1) is 0 Å². The number of aromatic nitrogens is 2. The predicted molar refractivity (Wildman–Crippen MR) is 105 cm³/mol. The maximum Gasteiger partial charge on any atom is 0.340 e. The normalized spacial score (nSPS) is 15.4. The van der Waals surface area contributed by atoms with Crippen LogP contribution in [0.1, 0.15) is 27.6 Å². The Morgan fingerprint density at radius 3 is 2.71 bits per heavy atom. The second kappa shape index (κ2) is 7.82. The van der Waals surface area contributed by atoms with Gasteiger partial charge in [-0.3, -0.25) is 4.79 Å². The monoisotopic (exact) mass is 379 g/mol. The SMILES string of the molecule is CC(OC(=O)c1ccc(N2CCOCC2)nc1)C(=O)c1c[nH]c2ccccc12. The van der Waals surface area contributed by atoms with E-state index in [9.17, 15) is 9.59 Å². The first-order chi connectivity index (χ1) is 13.6. The molecule has 28 heavy (non-hydrogen) atoms. The minimum absolute atomic E-state index is 0.247. The van der Waals surface area contributed by atoms with E-state index in [1.54, 1.807) is 25.3 Å². The van der Waals surface area contributed by atoms with E-state index in [0.29, 0.717) is 24.3 Å². The van der Waals surface area contributed by atoms with E-state index in [4.69, 9.17) is 9.47 Å². The third kappa shape index (κ3) is 3.61. The maximum absolute atomic E-state index is 12.7. The van der Waals surface area contributed by atoms with Gasteiger partial charge in [-0.2, -0.15) is 0 Å². The molecule has 0 spiro atoms. The molecular weight excluding hydrogens is 358 g/mol. The second-order valence-electron chi connectivity index (χ2n) is 6.66. The molecule has 144 valence electrons. The molecule has 0 saturated carbocycles. The molecule has 0 aliphatic carbocycles. The fraction of sp³-hybridized carbons (Fsp3) is 0.286. The average molecular weight is 379 g/mol. The number of morpholine rings is 1. The molecule has 4 rings (SSSR count). The summed E-state index contributed by atoms with van der Waals surface area (Å²) in [5.74, 6) is -0.0202. The highest BCUT2D eigenvalue weighted by Gasteiger charge is 2.23. The Labute approximate surface area is 162 Å². The lowest BCUT2D eigenvalue weighted by Gasteiger charge is -2.27. The van der Waals surface area contributed by atoms with E-state index in [1.165, 1.54) is 6.20 Å². The fourth-order valence-corrected chi connectivity index (χ4v) is 3.26. The number of H-pyrrole nitrogens is 1. The molecule has 3 heterocycles. The van der Waals surface area contributed by atoms with Gasteiger partial charge in [0.05, 0.1) is 18.8 Å². The molecule has 1 N–H and O–H groups in total. The van der Waals surface area contributed by atoms with Crippen molar-refractivity contribution in [2.45, 2.75) is 13.0 Å². The number of esters is 1. The van der Waals surface area contributed by atoms with Gasteiger partial charge in [0.2, 0.25) is 5.78 Å². The number of rotatable bonds is 5. The van der Waals surface area contributed by atoms with Crippen LogP contribution in [0.5, 0.6) is 0 Å². The van der Waals surface area contributed by atoms with Crippen molar-refractivity contribution in [1.29, 1.82) is 0 Å². The summed E-state index contributed by atoms with van der Waals surface area (Å²) < 4.78 is 10.7. The van der Waals surface area contributed by atoms with Crippen molar-refractivity contribution >= 4 is 28.5 Å². The third-order valence-corrected chi connectivity index (χ3v) is 4.83. The molecule has 2 aromatic heterocycles. The van der Waals surface area contributed by atoms with Crippen molar-refractivity contribution in [3.8, 4) is 0 Å². The first-order valence-corrected chi connectivity index (χ1v) is 9.23. The average Bonchev–Trinajstić information content (AvgIpc) is 3.18. The van der Waals surface area contributed by atoms with Gasteiger partial charge in [-0.25, -0.2) is 9.78 Å². The summed E-state index contributed by atoms with van der Waals surface area (Å²) in [6.45, 7) is 4.45. The zero-order valence-electron chi connectivity index (χ0n) is 15.6. The number of Topliss-reactive ketones (excluding diaryl/α,β-unsaturated/α-hetero) is 1. The highest BCUT2D eigenvalue weighted by Crippen LogP contribution is 2.20. The molecule has 1 unspecified atom stereocenters. The van der Waals surface area contributed by atoms with Crippen molar-refractivity contribution in [1.82, 2.24) is 9.97 Å².